The molecule has 4 heteroatoms. The highest BCUT2D eigenvalue weighted by Crippen LogP contribution is 2.50. The predicted octanol–water partition coefficient (Wildman–Crippen LogP) is 23.9. The highest BCUT2D eigenvalue weighted by atomic mass is 15.2. The Morgan fingerprint density at radius 3 is 0.874 bits per heavy atom. The Hall–Kier alpha value is -8.21. The van der Waals surface area contributed by atoms with Gasteiger partial charge >= 0.3 is 0 Å². The number of pyridine rings is 1. The zero-order valence-electron chi connectivity index (χ0n) is 61.9. The molecule has 3 heterocycles. The van der Waals surface area contributed by atoms with E-state index in [1.807, 2.05) is 0 Å². The Balaban J connectivity index is 1.28. The molecule has 12 rings (SSSR count). The molecule has 10 aromatic rings. The Kier molecular flexibility index (Phi) is 16.4. The van der Waals surface area contributed by atoms with Crippen LogP contribution < -0.4 is 26.2 Å². The Morgan fingerprint density at radius 2 is 0.526 bits per heavy atom. The summed E-state index contributed by atoms with van der Waals surface area (Å²) in [4.78, 5) is 11.4. The summed E-state index contributed by atoms with van der Waals surface area (Å²) in [7, 11) is 0. The number of fused-ring (bicyclic) bond motifs is 4. The number of anilines is 6. The van der Waals surface area contributed by atoms with E-state index in [0.717, 1.165) is 62.0 Å². The molecule has 0 aliphatic carbocycles. The molecule has 0 unspecified atom stereocenters. The van der Waals surface area contributed by atoms with Gasteiger partial charge in [-0.05, 0) is 216 Å². The van der Waals surface area contributed by atoms with Gasteiger partial charge in [0.2, 0.25) is 0 Å². The van der Waals surface area contributed by atoms with Crippen molar-refractivity contribution in [1.82, 2.24) is 4.98 Å². The van der Waals surface area contributed by atoms with E-state index in [9.17, 15) is 0 Å². The maximum atomic E-state index is 6.07. The number of rotatable bonds is 7. The fourth-order valence-electron chi connectivity index (χ4n) is 13.9. The van der Waals surface area contributed by atoms with Gasteiger partial charge in [0.1, 0.15) is 0 Å². The van der Waals surface area contributed by atoms with Crippen molar-refractivity contribution in [3.8, 4) is 55.9 Å². The maximum absolute atomic E-state index is 6.07. The fourth-order valence-corrected chi connectivity index (χ4v) is 13.9. The van der Waals surface area contributed by atoms with Crippen LogP contribution in [0.3, 0.4) is 0 Å². The molecule has 2 aliphatic heterocycles. The third kappa shape index (κ3) is 13.2. The van der Waals surface area contributed by atoms with Crippen LogP contribution in [-0.2, 0) is 43.3 Å². The maximum Gasteiger partial charge on any atom is 0.252 e. The zero-order chi connectivity index (χ0) is 68.7. The Morgan fingerprint density at radius 1 is 0.232 bits per heavy atom. The second-order valence-electron chi connectivity index (χ2n) is 36.1. The minimum absolute atomic E-state index is 0.0921. The van der Waals surface area contributed by atoms with Gasteiger partial charge in [0, 0.05) is 45.3 Å². The molecule has 0 saturated carbocycles. The van der Waals surface area contributed by atoms with Crippen LogP contribution in [0, 0.1) is 0 Å². The van der Waals surface area contributed by atoms with Crippen LogP contribution in [-0.4, -0.2) is 11.7 Å². The van der Waals surface area contributed by atoms with E-state index in [0.29, 0.717) is 0 Å². The van der Waals surface area contributed by atoms with Gasteiger partial charge in [-0.15, -0.1) is 0 Å². The standard InChI is InChI=1S/C91H104BN3/c1-84(2,3)65-35-37-79-75(55-65)92-76-56-66(85(4,5)6)36-38-80(76)95(74-53-71(90(19,20)21)52-72(54-74)91(22,23)24)82-49-64(48-81(83(82)92)94(79)73-44-59(57-31-27-25-28-32-57)39-60(45-73)58-33-29-26-30-34-58)78-47-62(61-40-67(86(7,8)9)50-68(41-61)87(10,11)12)46-77(93-78)63-42-69(88(13,14)15)51-70(43-63)89(16,17)18/h25-56H,1-24H3. The highest BCUT2D eigenvalue weighted by Gasteiger charge is 2.45. The molecule has 2 aliphatic rings. The molecule has 0 N–H and O–H groups in total. The second-order valence-corrected chi connectivity index (χ2v) is 36.1. The molecule has 9 aromatic carbocycles. The summed E-state index contributed by atoms with van der Waals surface area (Å²) in [6.45, 7) is 56.4. The predicted molar refractivity (Wildman–Crippen MR) is 415 cm³/mol. The highest BCUT2D eigenvalue weighted by molar-refractivity contribution is 7.00. The van der Waals surface area contributed by atoms with E-state index in [1.54, 1.807) is 0 Å². The molecule has 0 atom stereocenters. The number of nitrogens with zero attached hydrogens (tertiary/aromatic N) is 3. The lowest BCUT2D eigenvalue weighted by Crippen LogP contribution is -2.61. The normalized spacial score (nSPS) is 13.8. The SMILES string of the molecule is CC(C)(C)c1cc(-c2cc(-c3cc(C(C)(C)C)cc(C(C)(C)C)c3)nc(-c3cc4c5c(c3)N(c3cc(C(C)(C)C)cc(C(C)(C)C)c3)c3ccc(C(C)(C)C)cc3B5c3cc(C(C)(C)C)ccc3N4c3cc(-c4ccccc4)cc(-c4ccccc4)c3)c2)cc(C(C)(C)C)c1. The van der Waals surface area contributed by atoms with Crippen molar-refractivity contribution in [1.29, 1.82) is 0 Å². The first kappa shape index (κ1) is 66.8. The lowest BCUT2D eigenvalue weighted by molar-refractivity contribution is 0.568. The molecule has 0 bridgehead atoms. The van der Waals surface area contributed by atoms with Gasteiger partial charge in [-0.1, -0.05) is 281 Å². The van der Waals surface area contributed by atoms with Crippen LogP contribution >= 0.6 is 0 Å². The topological polar surface area (TPSA) is 19.4 Å². The fraction of sp³-hybridized carbons (Fsp3) is 0.352. The van der Waals surface area contributed by atoms with Crippen LogP contribution in [0.5, 0.6) is 0 Å². The van der Waals surface area contributed by atoms with Crippen molar-refractivity contribution in [3.05, 3.63) is 239 Å². The first-order valence-corrected chi connectivity index (χ1v) is 34.9. The van der Waals surface area contributed by atoms with Crippen LogP contribution in [0.15, 0.2) is 194 Å². The molecule has 0 amide bonds. The molecular formula is C91H104BN3. The summed E-state index contributed by atoms with van der Waals surface area (Å²) < 4.78 is 0. The van der Waals surface area contributed by atoms with Crippen molar-refractivity contribution < 1.29 is 0 Å². The third-order valence-electron chi connectivity index (χ3n) is 20.2. The van der Waals surface area contributed by atoms with Gasteiger partial charge in [-0.2, -0.15) is 0 Å². The second kappa shape index (κ2) is 23.3. The van der Waals surface area contributed by atoms with E-state index >= 15 is 0 Å². The van der Waals surface area contributed by atoms with Gasteiger partial charge in [0.15, 0.2) is 0 Å². The van der Waals surface area contributed by atoms with Gasteiger partial charge < -0.3 is 9.80 Å². The summed E-state index contributed by atoms with van der Waals surface area (Å²) in [6, 6.07) is 76.0. The monoisotopic (exact) mass is 1250 g/mol. The van der Waals surface area contributed by atoms with Crippen molar-refractivity contribution in [2.45, 2.75) is 209 Å². The molecule has 0 radical (unpaired) electrons. The summed E-state index contributed by atoms with van der Waals surface area (Å²) in [5.74, 6) is 0. The average molecular weight is 1250 g/mol. The van der Waals surface area contributed by atoms with Crippen LogP contribution in [0.25, 0.3) is 55.9 Å². The molecule has 0 spiro atoms. The van der Waals surface area contributed by atoms with E-state index in [-0.39, 0.29) is 50.0 Å². The number of hydrogen-bond acceptors (Lipinski definition) is 3. The molecule has 95 heavy (non-hydrogen) atoms. The summed E-state index contributed by atoms with van der Waals surface area (Å²) in [5, 5.41) is 0. The van der Waals surface area contributed by atoms with Gasteiger partial charge in [-0.3, -0.25) is 0 Å². The van der Waals surface area contributed by atoms with Crippen molar-refractivity contribution in [2.75, 3.05) is 9.80 Å². The summed E-state index contributed by atoms with van der Waals surface area (Å²) in [5.41, 5.74) is 31.5. The van der Waals surface area contributed by atoms with E-state index in [4.69, 9.17) is 4.98 Å². The van der Waals surface area contributed by atoms with Crippen LogP contribution in [0.1, 0.15) is 211 Å². The smallest absolute Gasteiger partial charge is 0.252 e. The summed E-state index contributed by atoms with van der Waals surface area (Å²) in [6.07, 6.45) is 0. The Bertz CT molecular complexity index is 4350. The van der Waals surface area contributed by atoms with Crippen molar-refractivity contribution in [3.63, 3.8) is 0 Å². The lowest BCUT2D eigenvalue weighted by atomic mass is 9.33. The largest absolute Gasteiger partial charge is 0.311 e. The molecular weight excluding hydrogens is 1150 g/mol. The van der Waals surface area contributed by atoms with Crippen molar-refractivity contribution in [2.24, 2.45) is 0 Å². The van der Waals surface area contributed by atoms with Crippen LogP contribution in [0.4, 0.5) is 34.1 Å². The molecule has 486 valence electrons. The van der Waals surface area contributed by atoms with Crippen LogP contribution in [0.2, 0.25) is 0 Å². The molecule has 0 saturated heterocycles. The summed E-state index contributed by atoms with van der Waals surface area (Å²) >= 11 is 0. The molecule has 3 nitrogen and oxygen atoms in total. The first-order valence-electron chi connectivity index (χ1n) is 34.9. The minimum Gasteiger partial charge on any atom is -0.311 e. The van der Waals surface area contributed by atoms with Gasteiger partial charge in [0.25, 0.3) is 6.71 Å². The Labute approximate surface area is 572 Å². The average Bonchev–Trinajstić information content (AvgIpc) is 0.692. The molecule has 0 fully saturated rings. The minimum atomic E-state index is -0.136. The quantitative estimate of drug-likeness (QED) is 0.148. The molecule has 1 aromatic heterocycles. The number of hydrogen-bond donors (Lipinski definition) is 0. The number of benzene rings is 9. The van der Waals surface area contributed by atoms with Gasteiger partial charge in [-0.25, -0.2) is 4.98 Å². The zero-order valence-corrected chi connectivity index (χ0v) is 61.9. The number of aromatic nitrogens is 1. The van der Waals surface area contributed by atoms with E-state index in [2.05, 4.69) is 370 Å². The van der Waals surface area contributed by atoms with Gasteiger partial charge in [0.05, 0.1) is 11.4 Å². The van der Waals surface area contributed by atoms with E-state index in [1.165, 1.54) is 89.0 Å². The third-order valence-corrected chi connectivity index (χ3v) is 20.2. The van der Waals surface area contributed by atoms with E-state index < -0.39 is 0 Å². The first-order chi connectivity index (χ1) is 44.1. The van der Waals surface area contributed by atoms with Crippen molar-refractivity contribution >= 4 is 57.2 Å². The lowest BCUT2D eigenvalue weighted by Gasteiger charge is -2.45.